The van der Waals surface area contributed by atoms with Crippen LogP contribution in [-0.4, -0.2) is 24.4 Å². The first-order chi connectivity index (χ1) is 9.45. The lowest BCUT2D eigenvalue weighted by atomic mass is 9.99. The molecule has 0 saturated carbocycles. The van der Waals surface area contributed by atoms with Gasteiger partial charge in [0.05, 0.1) is 5.56 Å². The maximum Gasteiger partial charge on any atom is 0.433 e. The molecule has 1 fully saturated rings. The van der Waals surface area contributed by atoms with Crippen LogP contribution in [0.1, 0.15) is 24.1 Å². The van der Waals surface area contributed by atoms with Crippen LogP contribution >= 0.6 is 0 Å². The summed E-state index contributed by atoms with van der Waals surface area (Å²) in [5.74, 6) is -0.222. The molecule has 0 aliphatic carbocycles. The summed E-state index contributed by atoms with van der Waals surface area (Å²) in [6.45, 7) is 0.791. The second-order valence-electron chi connectivity index (χ2n) is 4.66. The predicted molar refractivity (Wildman–Crippen MR) is 65.0 cm³/mol. The third kappa shape index (κ3) is 2.90. The Morgan fingerprint density at radius 2 is 2.20 bits per heavy atom. The number of anilines is 1. The van der Waals surface area contributed by atoms with Crippen LogP contribution in [0.3, 0.4) is 0 Å². The highest BCUT2D eigenvalue weighted by Crippen LogP contribution is 2.31. The van der Waals surface area contributed by atoms with Gasteiger partial charge in [0, 0.05) is 19.0 Å². The second kappa shape index (κ2) is 5.49. The Hall–Kier alpha value is -2.10. The maximum absolute atomic E-state index is 12.7. The second-order valence-corrected chi connectivity index (χ2v) is 4.66. The van der Waals surface area contributed by atoms with Crippen molar-refractivity contribution >= 4 is 12.1 Å². The number of hydrogen-bond acceptors (Lipinski definition) is 4. The van der Waals surface area contributed by atoms with Gasteiger partial charge >= 0.3 is 6.18 Å². The zero-order valence-corrected chi connectivity index (χ0v) is 10.5. The van der Waals surface area contributed by atoms with E-state index < -0.39 is 11.9 Å². The van der Waals surface area contributed by atoms with Gasteiger partial charge in [0.15, 0.2) is 0 Å². The minimum atomic E-state index is -4.55. The van der Waals surface area contributed by atoms with Crippen molar-refractivity contribution in [1.29, 1.82) is 5.26 Å². The van der Waals surface area contributed by atoms with Crippen molar-refractivity contribution in [3.05, 3.63) is 23.4 Å². The summed E-state index contributed by atoms with van der Waals surface area (Å²) in [7, 11) is 0. The van der Waals surface area contributed by atoms with Gasteiger partial charge < -0.3 is 9.69 Å². The molecule has 0 aromatic carbocycles. The smallest absolute Gasteiger partial charge is 0.355 e. The van der Waals surface area contributed by atoms with Gasteiger partial charge in [-0.15, -0.1) is 0 Å². The van der Waals surface area contributed by atoms with Crippen molar-refractivity contribution in [1.82, 2.24) is 4.98 Å². The number of carbonyl (C=O) groups excluding carboxylic acids is 1. The first kappa shape index (κ1) is 14.3. The molecule has 1 aromatic rings. The fourth-order valence-corrected chi connectivity index (χ4v) is 2.25. The number of nitrogens with zero attached hydrogens (tertiary/aromatic N) is 3. The van der Waals surface area contributed by atoms with Crippen LogP contribution in [0.5, 0.6) is 0 Å². The van der Waals surface area contributed by atoms with Gasteiger partial charge in [-0.1, -0.05) is 0 Å². The third-order valence-corrected chi connectivity index (χ3v) is 3.24. The number of piperidine rings is 1. The van der Waals surface area contributed by atoms with Crippen LogP contribution in [0.2, 0.25) is 0 Å². The van der Waals surface area contributed by atoms with Crippen molar-refractivity contribution in [3.63, 3.8) is 0 Å². The van der Waals surface area contributed by atoms with Gasteiger partial charge in [0.2, 0.25) is 0 Å². The molecular formula is C13H12F3N3O. The van der Waals surface area contributed by atoms with Crippen molar-refractivity contribution < 1.29 is 18.0 Å². The van der Waals surface area contributed by atoms with Crippen molar-refractivity contribution in [2.75, 3.05) is 18.0 Å². The lowest BCUT2D eigenvalue weighted by molar-refractivity contribution is -0.141. The lowest BCUT2D eigenvalue weighted by Gasteiger charge is -2.31. The highest BCUT2D eigenvalue weighted by Gasteiger charge is 2.34. The normalized spacial score (nSPS) is 19.5. The van der Waals surface area contributed by atoms with Gasteiger partial charge in [0.1, 0.15) is 23.9 Å². The van der Waals surface area contributed by atoms with Gasteiger partial charge in [0.25, 0.3) is 0 Å². The molecular weight excluding hydrogens is 271 g/mol. The van der Waals surface area contributed by atoms with Crippen LogP contribution in [0, 0.1) is 17.2 Å². The molecule has 7 heteroatoms. The molecule has 1 atom stereocenters. The van der Waals surface area contributed by atoms with Crippen LogP contribution in [0.15, 0.2) is 12.1 Å². The first-order valence-electron chi connectivity index (χ1n) is 6.14. The average molecular weight is 283 g/mol. The molecule has 1 aromatic heterocycles. The molecule has 1 aliphatic rings. The highest BCUT2D eigenvalue weighted by molar-refractivity contribution is 5.59. The van der Waals surface area contributed by atoms with E-state index in [1.807, 2.05) is 6.07 Å². The Bertz CT molecular complexity index is 551. The summed E-state index contributed by atoms with van der Waals surface area (Å²) >= 11 is 0. The molecule has 106 valence electrons. The number of aromatic nitrogens is 1. The number of aldehydes is 1. The van der Waals surface area contributed by atoms with Gasteiger partial charge in [-0.3, -0.25) is 0 Å². The van der Waals surface area contributed by atoms with Crippen LogP contribution in [0.4, 0.5) is 19.0 Å². The summed E-state index contributed by atoms with van der Waals surface area (Å²) < 4.78 is 38.1. The Morgan fingerprint density at radius 1 is 1.45 bits per heavy atom. The van der Waals surface area contributed by atoms with E-state index in [1.54, 1.807) is 4.90 Å². The summed E-state index contributed by atoms with van der Waals surface area (Å²) in [4.78, 5) is 16.0. The van der Waals surface area contributed by atoms with Crippen molar-refractivity contribution in [3.8, 4) is 6.07 Å². The van der Waals surface area contributed by atoms with Gasteiger partial charge in [-0.2, -0.15) is 18.4 Å². The number of pyridine rings is 1. The molecule has 2 heterocycles. The first-order valence-corrected chi connectivity index (χ1v) is 6.14. The monoisotopic (exact) mass is 283 g/mol. The molecule has 0 amide bonds. The molecule has 0 N–H and O–H groups in total. The molecule has 1 saturated heterocycles. The number of hydrogen-bond donors (Lipinski definition) is 0. The van der Waals surface area contributed by atoms with Gasteiger partial charge in [-0.05, 0) is 25.0 Å². The summed E-state index contributed by atoms with van der Waals surface area (Å²) in [6, 6.07) is 3.76. The summed E-state index contributed by atoms with van der Waals surface area (Å²) in [5, 5.41) is 9.00. The van der Waals surface area contributed by atoms with Crippen LogP contribution in [-0.2, 0) is 11.0 Å². The quantitative estimate of drug-likeness (QED) is 0.782. The summed E-state index contributed by atoms with van der Waals surface area (Å²) in [6.07, 6.45) is -2.36. The van der Waals surface area contributed by atoms with E-state index in [0.717, 1.165) is 18.4 Å². The lowest BCUT2D eigenvalue weighted by Crippen LogP contribution is -2.37. The fraction of sp³-hybridized carbons (Fsp3) is 0.462. The van der Waals surface area contributed by atoms with E-state index in [-0.39, 0.29) is 17.3 Å². The molecule has 4 nitrogen and oxygen atoms in total. The maximum atomic E-state index is 12.7. The van der Waals surface area contributed by atoms with Crippen LogP contribution < -0.4 is 4.90 Å². The minimum Gasteiger partial charge on any atom is -0.355 e. The van der Waals surface area contributed by atoms with E-state index in [2.05, 4.69) is 4.98 Å². The number of halogens is 3. The Morgan fingerprint density at radius 3 is 2.80 bits per heavy atom. The number of alkyl halides is 3. The van der Waals surface area contributed by atoms with E-state index >= 15 is 0 Å². The van der Waals surface area contributed by atoms with Crippen molar-refractivity contribution in [2.45, 2.75) is 19.0 Å². The Labute approximate surface area is 113 Å². The number of carbonyl (C=O) groups is 1. The Kier molecular flexibility index (Phi) is 3.93. The van der Waals surface area contributed by atoms with E-state index in [4.69, 9.17) is 5.26 Å². The molecule has 1 unspecified atom stereocenters. The predicted octanol–water partition coefficient (Wildman–Crippen LogP) is 2.39. The largest absolute Gasteiger partial charge is 0.433 e. The average Bonchev–Trinajstić information content (AvgIpc) is 2.45. The number of rotatable bonds is 2. The topological polar surface area (TPSA) is 57.0 Å². The molecule has 2 rings (SSSR count). The fourth-order valence-electron chi connectivity index (χ4n) is 2.25. The van der Waals surface area contributed by atoms with Gasteiger partial charge in [-0.25, -0.2) is 4.98 Å². The summed E-state index contributed by atoms with van der Waals surface area (Å²) in [5.41, 5.74) is -0.940. The molecule has 0 bridgehead atoms. The van der Waals surface area contributed by atoms with E-state index in [0.29, 0.717) is 25.9 Å². The molecule has 20 heavy (non-hydrogen) atoms. The van der Waals surface area contributed by atoms with E-state index in [9.17, 15) is 18.0 Å². The molecule has 0 radical (unpaired) electrons. The SMILES string of the molecule is N#Cc1ccc(C(F)(F)F)nc1N1CCCC(C=O)C1. The molecule has 1 aliphatic heterocycles. The highest BCUT2D eigenvalue weighted by atomic mass is 19.4. The molecule has 0 spiro atoms. The minimum absolute atomic E-state index is 0.00822. The van der Waals surface area contributed by atoms with Crippen molar-refractivity contribution in [2.24, 2.45) is 5.92 Å². The number of nitriles is 1. The van der Waals surface area contributed by atoms with E-state index in [1.165, 1.54) is 0 Å². The van der Waals surface area contributed by atoms with Crippen LogP contribution in [0.25, 0.3) is 0 Å². The Balaban J connectivity index is 2.38. The third-order valence-electron chi connectivity index (χ3n) is 3.24. The standard InChI is InChI=1S/C13H12F3N3O/c14-13(15,16)11-4-3-10(6-17)12(18-11)19-5-1-2-9(7-19)8-20/h3-4,8-9H,1-2,5,7H2. The zero-order valence-electron chi connectivity index (χ0n) is 10.5. The zero-order chi connectivity index (χ0) is 14.8.